The van der Waals surface area contributed by atoms with Gasteiger partial charge in [0.25, 0.3) is 0 Å². The maximum atomic E-state index is 4.72. The predicted molar refractivity (Wildman–Crippen MR) is 75.6 cm³/mol. The van der Waals surface area contributed by atoms with Gasteiger partial charge in [0.2, 0.25) is 0 Å². The Morgan fingerprint density at radius 1 is 1.28 bits per heavy atom. The molecular weight excluding hydrogens is 222 g/mol. The van der Waals surface area contributed by atoms with Gasteiger partial charge in [-0.25, -0.2) is 0 Å². The minimum Gasteiger partial charge on any atom is -0.310 e. The van der Waals surface area contributed by atoms with Crippen molar-refractivity contribution >= 4 is 0 Å². The largest absolute Gasteiger partial charge is 0.310 e. The average Bonchev–Trinajstić information content (AvgIpc) is 3.14. The Bertz CT molecular complexity index is 387. The van der Waals surface area contributed by atoms with Crippen LogP contribution in [0.3, 0.4) is 0 Å². The SMILES string of the molecule is CCC(CC)Cn1nc(C)c(CNC2CC2)c1C. The zero-order valence-corrected chi connectivity index (χ0v) is 12.3. The molecule has 0 aromatic carbocycles. The molecule has 1 N–H and O–H groups in total. The van der Waals surface area contributed by atoms with Crippen molar-refractivity contribution in [2.45, 2.75) is 72.5 Å². The lowest BCUT2D eigenvalue weighted by molar-refractivity contribution is 0.390. The lowest BCUT2D eigenvalue weighted by Gasteiger charge is -2.13. The maximum Gasteiger partial charge on any atom is 0.0641 e. The summed E-state index contributed by atoms with van der Waals surface area (Å²) in [5.41, 5.74) is 3.96. The van der Waals surface area contributed by atoms with E-state index >= 15 is 0 Å². The van der Waals surface area contributed by atoms with Crippen molar-refractivity contribution in [3.63, 3.8) is 0 Å². The van der Waals surface area contributed by atoms with Gasteiger partial charge in [0.05, 0.1) is 5.69 Å². The summed E-state index contributed by atoms with van der Waals surface area (Å²) in [5, 5.41) is 8.32. The fourth-order valence-corrected chi connectivity index (χ4v) is 2.49. The van der Waals surface area contributed by atoms with Crippen LogP contribution in [0.25, 0.3) is 0 Å². The van der Waals surface area contributed by atoms with Crippen molar-refractivity contribution in [2.75, 3.05) is 0 Å². The molecule has 0 radical (unpaired) electrons. The van der Waals surface area contributed by atoms with Crippen LogP contribution in [0.5, 0.6) is 0 Å². The summed E-state index contributed by atoms with van der Waals surface area (Å²) in [7, 11) is 0. The molecule has 1 aliphatic carbocycles. The van der Waals surface area contributed by atoms with E-state index in [0.29, 0.717) is 0 Å². The predicted octanol–water partition coefficient (Wildman–Crippen LogP) is 3.19. The van der Waals surface area contributed by atoms with E-state index in [2.05, 4.69) is 37.7 Å². The van der Waals surface area contributed by atoms with E-state index in [4.69, 9.17) is 5.10 Å². The first-order valence-corrected chi connectivity index (χ1v) is 7.41. The van der Waals surface area contributed by atoms with Crippen molar-refractivity contribution in [2.24, 2.45) is 5.92 Å². The minimum absolute atomic E-state index is 0.757. The summed E-state index contributed by atoms with van der Waals surface area (Å²) in [5.74, 6) is 0.757. The van der Waals surface area contributed by atoms with Crippen LogP contribution in [0.15, 0.2) is 0 Å². The van der Waals surface area contributed by atoms with Crippen LogP contribution in [-0.2, 0) is 13.1 Å². The Balaban J connectivity index is 2.04. The lowest BCUT2D eigenvalue weighted by atomic mass is 10.0. The van der Waals surface area contributed by atoms with Gasteiger partial charge in [0.1, 0.15) is 0 Å². The summed E-state index contributed by atoms with van der Waals surface area (Å²) in [6.45, 7) is 11.0. The monoisotopic (exact) mass is 249 g/mol. The standard InChI is InChI=1S/C15H27N3/c1-5-13(6-2)10-18-12(4)15(11(3)17-18)9-16-14-7-8-14/h13-14,16H,5-10H2,1-4H3. The Morgan fingerprint density at radius 2 is 1.94 bits per heavy atom. The second-order valence-electron chi connectivity index (χ2n) is 5.67. The molecule has 3 heteroatoms. The quantitative estimate of drug-likeness (QED) is 0.804. The van der Waals surface area contributed by atoms with E-state index in [1.807, 2.05) is 0 Å². The van der Waals surface area contributed by atoms with E-state index in [-0.39, 0.29) is 0 Å². The van der Waals surface area contributed by atoms with Gasteiger partial charge in [0, 0.05) is 30.4 Å². The van der Waals surface area contributed by atoms with Gasteiger partial charge < -0.3 is 5.32 Å². The molecule has 0 unspecified atom stereocenters. The van der Waals surface area contributed by atoms with E-state index in [0.717, 1.165) is 25.0 Å². The zero-order valence-electron chi connectivity index (χ0n) is 12.3. The fraction of sp³-hybridized carbons (Fsp3) is 0.800. The number of aromatic nitrogens is 2. The second kappa shape index (κ2) is 5.87. The summed E-state index contributed by atoms with van der Waals surface area (Å²) >= 11 is 0. The van der Waals surface area contributed by atoms with Crippen LogP contribution in [-0.4, -0.2) is 15.8 Å². The molecule has 0 bridgehead atoms. The van der Waals surface area contributed by atoms with Crippen molar-refractivity contribution in [3.05, 3.63) is 17.0 Å². The van der Waals surface area contributed by atoms with Crippen LogP contribution in [0.4, 0.5) is 0 Å². The molecule has 1 fully saturated rings. The number of nitrogens with one attached hydrogen (secondary N) is 1. The summed E-state index contributed by atoms with van der Waals surface area (Å²) in [6.07, 6.45) is 5.18. The highest BCUT2D eigenvalue weighted by Crippen LogP contribution is 2.21. The van der Waals surface area contributed by atoms with Crippen LogP contribution < -0.4 is 5.32 Å². The third kappa shape index (κ3) is 3.14. The summed E-state index contributed by atoms with van der Waals surface area (Å²) < 4.78 is 2.22. The number of aryl methyl sites for hydroxylation is 1. The van der Waals surface area contributed by atoms with Gasteiger partial charge in [-0.15, -0.1) is 0 Å². The smallest absolute Gasteiger partial charge is 0.0641 e. The van der Waals surface area contributed by atoms with Crippen molar-refractivity contribution in [3.8, 4) is 0 Å². The first-order valence-electron chi connectivity index (χ1n) is 7.41. The Kier molecular flexibility index (Phi) is 4.44. The first kappa shape index (κ1) is 13.6. The molecule has 1 heterocycles. The molecule has 1 saturated carbocycles. The highest BCUT2D eigenvalue weighted by atomic mass is 15.3. The molecule has 2 rings (SSSR count). The van der Waals surface area contributed by atoms with E-state index in [1.54, 1.807) is 0 Å². The molecule has 102 valence electrons. The Labute approximate surface area is 111 Å². The van der Waals surface area contributed by atoms with E-state index in [9.17, 15) is 0 Å². The summed E-state index contributed by atoms with van der Waals surface area (Å²) in [6, 6.07) is 0.770. The van der Waals surface area contributed by atoms with Gasteiger partial charge in [-0.1, -0.05) is 26.7 Å². The molecule has 3 nitrogen and oxygen atoms in total. The molecule has 0 saturated heterocycles. The van der Waals surface area contributed by atoms with Gasteiger partial charge >= 0.3 is 0 Å². The van der Waals surface area contributed by atoms with Crippen molar-refractivity contribution in [1.29, 1.82) is 0 Å². The second-order valence-corrected chi connectivity index (χ2v) is 5.67. The third-order valence-corrected chi connectivity index (χ3v) is 4.26. The molecule has 1 aliphatic rings. The fourth-order valence-electron chi connectivity index (χ4n) is 2.49. The Hall–Kier alpha value is -0.830. The van der Waals surface area contributed by atoms with Gasteiger partial charge in [0.15, 0.2) is 0 Å². The van der Waals surface area contributed by atoms with E-state index in [1.165, 1.54) is 42.6 Å². The third-order valence-electron chi connectivity index (χ3n) is 4.26. The van der Waals surface area contributed by atoms with Crippen molar-refractivity contribution in [1.82, 2.24) is 15.1 Å². The van der Waals surface area contributed by atoms with Gasteiger partial charge in [-0.3, -0.25) is 4.68 Å². The maximum absolute atomic E-state index is 4.72. The highest BCUT2D eigenvalue weighted by molar-refractivity contribution is 5.24. The van der Waals surface area contributed by atoms with Gasteiger partial charge in [-0.05, 0) is 32.6 Å². The van der Waals surface area contributed by atoms with Crippen LogP contribution in [0, 0.1) is 19.8 Å². The minimum atomic E-state index is 0.757. The van der Waals surface area contributed by atoms with Crippen LogP contribution in [0.2, 0.25) is 0 Å². The van der Waals surface area contributed by atoms with Crippen LogP contribution >= 0.6 is 0 Å². The first-order chi connectivity index (χ1) is 8.65. The average molecular weight is 249 g/mol. The number of hydrogen-bond donors (Lipinski definition) is 1. The summed E-state index contributed by atoms with van der Waals surface area (Å²) in [4.78, 5) is 0. The molecule has 0 amide bonds. The van der Waals surface area contributed by atoms with Crippen LogP contribution in [0.1, 0.15) is 56.5 Å². The Morgan fingerprint density at radius 3 is 2.50 bits per heavy atom. The highest BCUT2D eigenvalue weighted by Gasteiger charge is 2.22. The zero-order chi connectivity index (χ0) is 13.1. The normalized spacial score (nSPS) is 15.6. The number of hydrogen-bond acceptors (Lipinski definition) is 2. The molecule has 18 heavy (non-hydrogen) atoms. The van der Waals surface area contributed by atoms with Gasteiger partial charge in [-0.2, -0.15) is 5.10 Å². The molecular formula is C15H27N3. The molecule has 0 atom stereocenters. The molecule has 1 aromatic rings. The lowest BCUT2D eigenvalue weighted by Crippen LogP contribution is -2.17. The molecule has 0 spiro atoms. The molecule has 0 aliphatic heterocycles. The number of rotatable bonds is 7. The molecule has 1 aromatic heterocycles. The van der Waals surface area contributed by atoms with E-state index < -0.39 is 0 Å². The topological polar surface area (TPSA) is 29.9 Å². The number of nitrogens with zero attached hydrogens (tertiary/aromatic N) is 2. The van der Waals surface area contributed by atoms with Crippen molar-refractivity contribution < 1.29 is 0 Å².